The molecule has 1 N–H and O–H groups in total. The maximum absolute atomic E-state index is 12.7. The highest BCUT2D eigenvalue weighted by molar-refractivity contribution is 5.74. The number of carboxylic acids is 1. The molecule has 2 nitrogen and oxygen atoms in total. The van der Waals surface area contributed by atoms with Gasteiger partial charge in [0.15, 0.2) is 0 Å². The normalized spacial score (nSPS) is 46.1. The van der Waals surface area contributed by atoms with Crippen molar-refractivity contribution >= 4 is 5.97 Å². The largest absolute Gasteiger partial charge is 0.481 e. The lowest BCUT2D eigenvalue weighted by atomic mass is 9.83. The van der Waals surface area contributed by atoms with Crippen molar-refractivity contribution in [3.63, 3.8) is 0 Å². The molecular weight excluding hydrogens is 159 g/mol. The van der Waals surface area contributed by atoms with Gasteiger partial charge in [-0.3, -0.25) is 4.79 Å². The molecule has 0 amide bonds. The van der Waals surface area contributed by atoms with Gasteiger partial charge >= 0.3 is 5.97 Å². The number of carboxylic acid groups (broad SMARTS) is 1. The van der Waals surface area contributed by atoms with Crippen LogP contribution in [0, 0.1) is 11.3 Å². The summed E-state index contributed by atoms with van der Waals surface area (Å²) in [6.07, 6.45) is 2.82. The van der Waals surface area contributed by atoms with Gasteiger partial charge in [-0.15, -0.1) is 0 Å². The summed E-state index contributed by atoms with van der Waals surface area (Å²) in [6.45, 7) is 0. The van der Waals surface area contributed by atoms with Crippen LogP contribution in [0.3, 0.4) is 0 Å². The Bertz CT molecular complexity index is 207. The number of halogens is 1. The number of hydrogen-bond acceptors (Lipinski definition) is 1. The second-order valence-electron chi connectivity index (χ2n) is 4.13. The molecule has 1 atom stereocenters. The Kier molecular flexibility index (Phi) is 1.63. The van der Waals surface area contributed by atoms with Gasteiger partial charge in [0.1, 0.15) is 6.17 Å². The Labute approximate surface area is 70.8 Å². The fraction of sp³-hybridized carbons (Fsp3) is 0.889. The van der Waals surface area contributed by atoms with Gasteiger partial charge in [-0.25, -0.2) is 4.39 Å². The Hall–Kier alpha value is -0.600. The molecule has 0 aromatic carbocycles. The van der Waals surface area contributed by atoms with Crippen molar-refractivity contribution in [2.45, 2.75) is 38.3 Å². The van der Waals surface area contributed by atoms with Crippen LogP contribution in [0.4, 0.5) is 4.39 Å². The molecule has 2 aliphatic rings. The van der Waals surface area contributed by atoms with Crippen LogP contribution in [0.2, 0.25) is 0 Å². The van der Waals surface area contributed by atoms with Crippen molar-refractivity contribution in [2.24, 2.45) is 11.3 Å². The van der Waals surface area contributed by atoms with Gasteiger partial charge < -0.3 is 5.11 Å². The lowest BCUT2D eigenvalue weighted by Crippen LogP contribution is -2.19. The fourth-order valence-electron chi connectivity index (χ4n) is 2.41. The Morgan fingerprint density at radius 1 is 1.42 bits per heavy atom. The molecule has 68 valence electrons. The minimum atomic E-state index is -0.688. The first-order valence-electron chi connectivity index (χ1n) is 4.51. The van der Waals surface area contributed by atoms with Crippen molar-refractivity contribution in [1.82, 2.24) is 0 Å². The summed E-state index contributed by atoms with van der Waals surface area (Å²) in [5.74, 6) is -0.850. The van der Waals surface area contributed by atoms with E-state index in [0.29, 0.717) is 12.8 Å². The summed E-state index contributed by atoms with van der Waals surface area (Å²) >= 11 is 0. The van der Waals surface area contributed by atoms with Gasteiger partial charge in [0.2, 0.25) is 0 Å². The molecule has 0 aromatic heterocycles. The van der Waals surface area contributed by atoms with Gasteiger partial charge in [-0.05, 0) is 37.5 Å². The van der Waals surface area contributed by atoms with Gasteiger partial charge in [0.05, 0.1) is 5.92 Å². The standard InChI is InChI=1S/C9H13FO2/c10-6-1-3-9(4-2-6)5-7(9)8(11)12/h6-7H,1-5H2,(H,11,12). The summed E-state index contributed by atoms with van der Waals surface area (Å²) in [5.41, 5.74) is 0.00836. The summed E-state index contributed by atoms with van der Waals surface area (Å²) in [7, 11) is 0. The van der Waals surface area contributed by atoms with Gasteiger partial charge in [0.25, 0.3) is 0 Å². The van der Waals surface area contributed by atoms with Crippen molar-refractivity contribution in [3.8, 4) is 0 Å². The third kappa shape index (κ3) is 1.11. The van der Waals surface area contributed by atoms with E-state index in [4.69, 9.17) is 5.11 Å². The van der Waals surface area contributed by atoms with E-state index in [0.717, 1.165) is 19.3 Å². The van der Waals surface area contributed by atoms with Crippen molar-refractivity contribution < 1.29 is 14.3 Å². The lowest BCUT2D eigenvalue weighted by molar-refractivity contribution is -0.139. The topological polar surface area (TPSA) is 37.3 Å². The highest BCUT2D eigenvalue weighted by atomic mass is 19.1. The third-order valence-corrected chi connectivity index (χ3v) is 3.40. The molecule has 3 heteroatoms. The number of alkyl halides is 1. The van der Waals surface area contributed by atoms with E-state index in [1.165, 1.54) is 0 Å². The molecule has 0 aromatic rings. The number of rotatable bonds is 1. The molecule has 0 heterocycles. The first kappa shape index (κ1) is 8.02. The van der Waals surface area contributed by atoms with E-state index in [9.17, 15) is 9.18 Å². The van der Waals surface area contributed by atoms with Crippen LogP contribution in [0.1, 0.15) is 32.1 Å². The van der Waals surface area contributed by atoms with Crippen LogP contribution in [0.15, 0.2) is 0 Å². The third-order valence-electron chi connectivity index (χ3n) is 3.40. The minimum absolute atomic E-state index is 0.00836. The van der Waals surface area contributed by atoms with E-state index < -0.39 is 12.1 Å². The monoisotopic (exact) mass is 172 g/mol. The number of aliphatic carboxylic acids is 1. The molecule has 0 aliphatic heterocycles. The minimum Gasteiger partial charge on any atom is -0.481 e. The molecule has 0 bridgehead atoms. The second-order valence-corrected chi connectivity index (χ2v) is 4.13. The molecule has 1 unspecified atom stereocenters. The van der Waals surface area contributed by atoms with Gasteiger partial charge in [-0.1, -0.05) is 0 Å². The zero-order chi connectivity index (χ0) is 8.77. The summed E-state index contributed by atoms with van der Waals surface area (Å²) < 4.78 is 12.7. The number of carbonyl (C=O) groups is 1. The van der Waals surface area contributed by atoms with Crippen LogP contribution in [0.25, 0.3) is 0 Å². The first-order valence-corrected chi connectivity index (χ1v) is 4.51. The molecule has 0 radical (unpaired) electrons. The van der Waals surface area contributed by atoms with E-state index >= 15 is 0 Å². The smallest absolute Gasteiger partial charge is 0.307 e. The molecule has 2 rings (SSSR count). The molecular formula is C9H13FO2. The van der Waals surface area contributed by atoms with E-state index in [2.05, 4.69) is 0 Å². The van der Waals surface area contributed by atoms with Crippen LogP contribution in [0.5, 0.6) is 0 Å². The Balaban J connectivity index is 1.95. The van der Waals surface area contributed by atoms with E-state index in [-0.39, 0.29) is 11.3 Å². The predicted octanol–water partition coefficient (Wildman–Crippen LogP) is 1.99. The average Bonchev–Trinajstić information content (AvgIpc) is 2.72. The zero-order valence-corrected chi connectivity index (χ0v) is 6.92. The molecule has 0 saturated heterocycles. The number of hydrogen-bond donors (Lipinski definition) is 1. The molecule has 2 fully saturated rings. The van der Waals surface area contributed by atoms with Crippen LogP contribution in [-0.4, -0.2) is 17.2 Å². The average molecular weight is 172 g/mol. The Morgan fingerprint density at radius 3 is 2.42 bits per heavy atom. The zero-order valence-electron chi connectivity index (χ0n) is 6.92. The van der Waals surface area contributed by atoms with Crippen molar-refractivity contribution in [1.29, 1.82) is 0 Å². The van der Waals surface area contributed by atoms with Crippen LogP contribution in [-0.2, 0) is 4.79 Å². The molecule has 2 aliphatic carbocycles. The first-order chi connectivity index (χ1) is 5.64. The Morgan fingerprint density at radius 2 is 2.00 bits per heavy atom. The molecule has 2 saturated carbocycles. The highest BCUT2D eigenvalue weighted by Crippen LogP contribution is 2.61. The van der Waals surface area contributed by atoms with Crippen molar-refractivity contribution in [3.05, 3.63) is 0 Å². The maximum atomic E-state index is 12.7. The van der Waals surface area contributed by atoms with Gasteiger partial charge in [0, 0.05) is 0 Å². The summed E-state index contributed by atoms with van der Waals surface area (Å²) in [5, 5.41) is 8.74. The SMILES string of the molecule is O=C(O)C1CC12CCC(F)CC2. The molecule has 12 heavy (non-hydrogen) atoms. The maximum Gasteiger partial charge on any atom is 0.307 e. The fourth-order valence-corrected chi connectivity index (χ4v) is 2.41. The quantitative estimate of drug-likeness (QED) is 0.656. The second kappa shape index (κ2) is 2.44. The summed E-state index contributed by atoms with van der Waals surface area (Å²) in [4.78, 5) is 10.6. The van der Waals surface area contributed by atoms with Gasteiger partial charge in [-0.2, -0.15) is 0 Å². The van der Waals surface area contributed by atoms with Crippen molar-refractivity contribution in [2.75, 3.05) is 0 Å². The predicted molar refractivity (Wildman–Crippen MR) is 41.5 cm³/mol. The summed E-state index contributed by atoms with van der Waals surface area (Å²) in [6, 6.07) is 0. The van der Waals surface area contributed by atoms with E-state index in [1.54, 1.807) is 0 Å². The highest BCUT2D eigenvalue weighted by Gasteiger charge is 2.58. The van der Waals surface area contributed by atoms with Crippen LogP contribution < -0.4 is 0 Å². The van der Waals surface area contributed by atoms with Crippen LogP contribution >= 0.6 is 0 Å². The van der Waals surface area contributed by atoms with E-state index in [1.807, 2.05) is 0 Å². The lowest BCUT2D eigenvalue weighted by Gasteiger charge is -2.24. The molecule has 1 spiro atoms.